The first-order valence-corrected chi connectivity index (χ1v) is 10.8. The molecule has 1 aliphatic heterocycles. The highest BCUT2D eigenvalue weighted by atomic mass is 35.5. The summed E-state index contributed by atoms with van der Waals surface area (Å²) >= 11 is 0. The maximum Gasteiger partial charge on any atom is 0.303 e. The van der Waals surface area contributed by atoms with E-state index in [4.69, 9.17) is 24.1 Å². The fourth-order valence-electron chi connectivity index (χ4n) is 3.65. The van der Waals surface area contributed by atoms with Gasteiger partial charge in [-0.2, -0.15) is 10.2 Å². The van der Waals surface area contributed by atoms with E-state index in [0.717, 1.165) is 16.7 Å². The zero-order valence-electron chi connectivity index (χ0n) is 20.5. The zero-order valence-corrected chi connectivity index (χ0v) is 21.2. The lowest BCUT2D eigenvalue weighted by Gasteiger charge is -2.16. The minimum Gasteiger partial charge on any atom is -1.00 e. The predicted molar refractivity (Wildman–Crippen MR) is 128 cm³/mol. The van der Waals surface area contributed by atoms with Gasteiger partial charge in [-0.15, -0.1) is 0 Å². The van der Waals surface area contributed by atoms with Crippen LogP contribution in [0.2, 0.25) is 0 Å². The number of benzene rings is 2. The van der Waals surface area contributed by atoms with Crippen LogP contribution < -0.4 is 42.4 Å². The van der Waals surface area contributed by atoms with E-state index in [-0.39, 0.29) is 25.2 Å². The SMILES string of the molecule is COc1ccc(C2=C(c3cc(OC)c(OC)c(OC)c3)N=NC2)cc1NC(=O)C([NH3+])CCC(=O)O.[Cl-]. The highest BCUT2D eigenvalue weighted by Gasteiger charge is 2.23. The molecule has 0 aromatic heterocycles. The summed E-state index contributed by atoms with van der Waals surface area (Å²) in [6.45, 7) is 0.336. The van der Waals surface area contributed by atoms with Gasteiger partial charge in [0.1, 0.15) is 5.75 Å². The van der Waals surface area contributed by atoms with E-state index >= 15 is 0 Å². The van der Waals surface area contributed by atoms with Crippen molar-refractivity contribution >= 4 is 28.8 Å². The predicted octanol–water partition coefficient (Wildman–Crippen LogP) is -0.527. The summed E-state index contributed by atoms with van der Waals surface area (Å²) in [5, 5.41) is 20.2. The smallest absolute Gasteiger partial charge is 0.303 e. The molecule has 0 aliphatic carbocycles. The topological polar surface area (TPSA) is 156 Å². The van der Waals surface area contributed by atoms with E-state index in [9.17, 15) is 9.59 Å². The third-order valence-electron chi connectivity index (χ3n) is 5.51. The zero-order chi connectivity index (χ0) is 25.5. The first-order chi connectivity index (χ1) is 16.8. The molecule has 11 nitrogen and oxygen atoms in total. The number of quaternary nitrogens is 1. The minimum absolute atomic E-state index is 0. The number of rotatable bonds is 11. The molecule has 0 spiro atoms. The quantitative estimate of drug-likeness (QED) is 0.359. The Labute approximate surface area is 214 Å². The van der Waals surface area contributed by atoms with E-state index in [1.54, 1.807) is 24.3 Å². The molecule has 3 rings (SSSR count). The van der Waals surface area contributed by atoms with Gasteiger partial charge in [0.15, 0.2) is 17.5 Å². The maximum atomic E-state index is 12.6. The molecule has 5 N–H and O–H groups in total. The molecule has 0 bridgehead atoms. The summed E-state index contributed by atoms with van der Waals surface area (Å²) in [7, 11) is 6.11. The van der Waals surface area contributed by atoms with Crippen molar-refractivity contribution in [3.8, 4) is 23.0 Å². The Bertz CT molecular complexity index is 1160. The fourth-order valence-corrected chi connectivity index (χ4v) is 3.65. The summed E-state index contributed by atoms with van der Waals surface area (Å²) < 4.78 is 21.7. The lowest BCUT2D eigenvalue weighted by molar-refractivity contribution is -0.403. The van der Waals surface area contributed by atoms with Crippen molar-refractivity contribution in [1.29, 1.82) is 0 Å². The maximum absolute atomic E-state index is 12.6. The molecule has 1 atom stereocenters. The number of carbonyl (C=O) groups is 2. The van der Waals surface area contributed by atoms with Gasteiger partial charge < -0.3 is 47.5 Å². The Morgan fingerprint density at radius 2 is 1.64 bits per heavy atom. The van der Waals surface area contributed by atoms with Crippen molar-refractivity contribution in [1.82, 2.24) is 0 Å². The average molecular weight is 521 g/mol. The third-order valence-corrected chi connectivity index (χ3v) is 5.51. The van der Waals surface area contributed by atoms with E-state index in [2.05, 4.69) is 21.3 Å². The standard InChI is InChI=1S/C24H28N4O7.ClH/c1-32-18-7-5-13(9-17(18)27-24(31)16(25)6-8-21(29)30)15-12-26-28-22(15)14-10-19(33-2)23(35-4)20(11-14)34-3;/h5,7,9-11,16H,6,8,12,25H2,1-4H3,(H,27,31)(H,29,30);1H. The Morgan fingerprint density at radius 1 is 1.00 bits per heavy atom. The number of hydrogen-bond donors (Lipinski definition) is 3. The number of amides is 1. The van der Waals surface area contributed by atoms with Gasteiger partial charge in [-0.1, -0.05) is 6.07 Å². The first-order valence-electron chi connectivity index (χ1n) is 10.8. The Hall–Kier alpha value is -3.83. The number of anilines is 1. The molecule has 2 aromatic rings. The summed E-state index contributed by atoms with van der Waals surface area (Å²) in [4.78, 5) is 23.4. The lowest BCUT2D eigenvalue weighted by atomic mass is 9.99. The number of carbonyl (C=O) groups excluding carboxylic acids is 1. The number of ether oxygens (including phenoxy) is 4. The molecule has 0 saturated heterocycles. The van der Waals surface area contributed by atoms with Crippen molar-refractivity contribution in [3.05, 3.63) is 41.5 Å². The number of nitrogens with one attached hydrogen (secondary N) is 1. The molecule has 1 heterocycles. The number of carboxylic acid groups (broad SMARTS) is 1. The van der Waals surface area contributed by atoms with Gasteiger partial charge in [-0.05, 0) is 29.8 Å². The van der Waals surface area contributed by atoms with Crippen LogP contribution in [-0.2, 0) is 9.59 Å². The van der Waals surface area contributed by atoms with E-state index in [0.29, 0.717) is 40.9 Å². The van der Waals surface area contributed by atoms with Gasteiger partial charge in [0.25, 0.3) is 5.91 Å². The van der Waals surface area contributed by atoms with E-state index in [1.807, 2.05) is 6.07 Å². The van der Waals surface area contributed by atoms with Crippen molar-refractivity contribution in [2.75, 3.05) is 40.3 Å². The molecule has 0 saturated carbocycles. The number of nitrogens with zero attached hydrogens (tertiary/aromatic N) is 2. The normalized spacial score (nSPS) is 13.0. The third kappa shape index (κ3) is 6.23. The molecule has 1 aliphatic rings. The second-order valence-corrected chi connectivity index (χ2v) is 7.67. The van der Waals surface area contributed by atoms with Crippen molar-refractivity contribution in [2.24, 2.45) is 10.2 Å². The number of hydrogen-bond acceptors (Lipinski definition) is 8. The molecule has 2 aromatic carbocycles. The fraction of sp³-hybridized carbons (Fsp3) is 0.333. The molecule has 0 fully saturated rings. The molecule has 12 heteroatoms. The van der Waals surface area contributed by atoms with Crippen molar-refractivity contribution < 1.29 is 51.8 Å². The second kappa shape index (κ2) is 12.8. The van der Waals surface area contributed by atoms with E-state index < -0.39 is 17.9 Å². The first kappa shape index (κ1) is 28.4. The van der Waals surface area contributed by atoms with Gasteiger partial charge in [-0.25, -0.2) is 0 Å². The van der Waals surface area contributed by atoms with Crippen LogP contribution in [0.15, 0.2) is 40.6 Å². The highest BCUT2D eigenvalue weighted by Crippen LogP contribution is 2.43. The molecule has 0 radical (unpaired) electrons. The van der Waals surface area contributed by atoms with Gasteiger partial charge in [0.2, 0.25) is 5.75 Å². The van der Waals surface area contributed by atoms with Crippen molar-refractivity contribution in [2.45, 2.75) is 18.9 Å². The Balaban J connectivity index is 0.00000456. The Morgan fingerprint density at radius 3 is 2.19 bits per heavy atom. The van der Waals surface area contributed by atoms with Crippen molar-refractivity contribution in [3.63, 3.8) is 0 Å². The second-order valence-electron chi connectivity index (χ2n) is 7.67. The van der Waals surface area contributed by atoms with Crippen LogP contribution in [0.25, 0.3) is 11.3 Å². The van der Waals surface area contributed by atoms with Gasteiger partial charge in [0.05, 0.1) is 52.8 Å². The van der Waals surface area contributed by atoms with Gasteiger partial charge in [0, 0.05) is 17.6 Å². The lowest BCUT2D eigenvalue weighted by Crippen LogP contribution is -3.00. The van der Waals surface area contributed by atoms with Gasteiger partial charge >= 0.3 is 5.97 Å². The number of methoxy groups -OCH3 is 4. The number of halogens is 1. The summed E-state index contributed by atoms with van der Waals surface area (Å²) in [6, 6.07) is 8.21. The molecule has 36 heavy (non-hydrogen) atoms. The van der Waals surface area contributed by atoms with Crippen LogP contribution in [0.1, 0.15) is 24.0 Å². The Kier molecular flexibility index (Phi) is 10.1. The van der Waals surface area contributed by atoms with Gasteiger partial charge in [-0.3, -0.25) is 9.59 Å². The van der Waals surface area contributed by atoms with Crippen LogP contribution >= 0.6 is 0 Å². The molecule has 1 unspecified atom stereocenters. The summed E-state index contributed by atoms with van der Waals surface area (Å²) in [5.74, 6) is 0.514. The number of aliphatic carboxylic acids is 1. The average Bonchev–Trinajstić information content (AvgIpc) is 3.36. The number of carboxylic acids is 1. The molecular formula is C24H29ClN4O7. The van der Waals surface area contributed by atoms with E-state index in [1.165, 1.54) is 28.4 Å². The van der Waals surface area contributed by atoms with Crippen LogP contribution in [0.3, 0.4) is 0 Å². The van der Waals surface area contributed by atoms with Crippen LogP contribution in [-0.4, -0.2) is 58.0 Å². The largest absolute Gasteiger partial charge is 1.00 e. The summed E-state index contributed by atoms with van der Waals surface area (Å²) in [6.07, 6.45) is -0.0236. The van der Waals surface area contributed by atoms with Crippen LogP contribution in [0.4, 0.5) is 5.69 Å². The molecule has 1 amide bonds. The molecule has 194 valence electrons. The van der Waals surface area contributed by atoms with Crippen LogP contribution in [0.5, 0.6) is 23.0 Å². The monoisotopic (exact) mass is 520 g/mol. The minimum atomic E-state index is -0.981. The summed E-state index contributed by atoms with van der Waals surface area (Å²) in [5.41, 5.74) is 7.16. The molecular weight excluding hydrogens is 492 g/mol. The van der Waals surface area contributed by atoms with Crippen LogP contribution in [0, 0.1) is 0 Å². The number of azo groups is 1. The highest BCUT2D eigenvalue weighted by molar-refractivity contribution is 5.98.